The number of aryl methyl sites for hydroxylation is 2. The molecule has 12 heteroatoms. The number of allylic oxidation sites excluding steroid dienone is 1. The Morgan fingerprint density at radius 2 is 2.02 bits per heavy atom. The number of hydrogen-bond donors (Lipinski definition) is 1. The van der Waals surface area contributed by atoms with Gasteiger partial charge in [-0.2, -0.15) is 5.26 Å². The minimum atomic E-state index is -3.27. The first-order valence-electron chi connectivity index (χ1n) is 13.6. The Labute approximate surface area is 236 Å². The molecule has 1 N–H and O–H groups in total. The molecule has 2 aliphatic rings. The lowest BCUT2D eigenvalue weighted by molar-refractivity contribution is -0.148. The summed E-state index contributed by atoms with van der Waals surface area (Å²) in [6, 6.07) is 7.85. The summed E-state index contributed by atoms with van der Waals surface area (Å²) in [6.07, 6.45) is 3.68. The van der Waals surface area contributed by atoms with Gasteiger partial charge in [-0.15, -0.1) is 10.2 Å². The van der Waals surface area contributed by atoms with Crippen LogP contribution in [0.25, 0.3) is 5.57 Å². The molecule has 3 unspecified atom stereocenters. The number of sulfonamides is 1. The molecule has 0 saturated heterocycles. The van der Waals surface area contributed by atoms with Gasteiger partial charge in [0.15, 0.2) is 11.7 Å². The number of carbonyl (C=O) groups excluding carboxylic acids is 1. The lowest BCUT2D eigenvalue weighted by atomic mass is 9.81. The van der Waals surface area contributed by atoms with E-state index in [1.54, 1.807) is 11.5 Å². The maximum Gasteiger partial charge on any atom is 0.343 e. The van der Waals surface area contributed by atoms with Crippen LogP contribution in [0.15, 0.2) is 28.8 Å². The molecule has 3 atom stereocenters. The molecule has 1 saturated carbocycles. The number of likely N-dealkylation sites (N-methyl/N-ethyl adjacent to an activating group) is 1. The van der Waals surface area contributed by atoms with Crippen molar-refractivity contribution in [1.82, 2.24) is 19.5 Å². The Morgan fingerprint density at radius 1 is 1.27 bits per heavy atom. The van der Waals surface area contributed by atoms with Crippen LogP contribution in [0.2, 0.25) is 0 Å². The Morgan fingerprint density at radius 3 is 2.65 bits per heavy atom. The zero-order chi connectivity index (χ0) is 29.2. The zero-order valence-corrected chi connectivity index (χ0v) is 24.7. The number of aromatic nitrogens is 3. The van der Waals surface area contributed by atoms with Gasteiger partial charge in [-0.3, -0.25) is 4.57 Å². The first-order valence-corrected chi connectivity index (χ1v) is 15.5. The van der Waals surface area contributed by atoms with Gasteiger partial charge >= 0.3 is 5.97 Å². The highest BCUT2D eigenvalue weighted by molar-refractivity contribution is 7.88. The number of fused-ring (bicyclic) bond motifs is 1. The molecule has 0 bridgehead atoms. The number of ether oxygens (including phenoxy) is 1. The van der Waals surface area contributed by atoms with Crippen LogP contribution in [0.4, 0.5) is 11.4 Å². The van der Waals surface area contributed by atoms with E-state index in [1.807, 2.05) is 32.0 Å². The van der Waals surface area contributed by atoms with E-state index >= 15 is 0 Å². The van der Waals surface area contributed by atoms with E-state index in [1.165, 1.54) is 0 Å². The van der Waals surface area contributed by atoms with Crippen molar-refractivity contribution >= 4 is 38.8 Å². The lowest BCUT2D eigenvalue weighted by Gasteiger charge is -2.32. The molecule has 1 fully saturated rings. The SMILES string of the molecule is CCN(CCNS(C)(=O)=O)c1ccc(N=C2C(C(=O)OC3CCC(C)CC3C)=C(C#N)c3nnc(C)n32)c(C)c1. The van der Waals surface area contributed by atoms with Crippen molar-refractivity contribution in [3.8, 4) is 6.07 Å². The fraction of sp³-hybridized carbons (Fsp3) is 0.536. The Bertz CT molecular complexity index is 1500. The first-order chi connectivity index (χ1) is 18.9. The second-order valence-electron chi connectivity index (χ2n) is 10.8. The minimum Gasteiger partial charge on any atom is -0.458 e. The average Bonchev–Trinajstić information content (AvgIpc) is 3.41. The highest BCUT2D eigenvalue weighted by atomic mass is 32.2. The van der Waals surface area contributed by atoms with Gasteiger partial charge in [0.25, 0.3) is 0 Å². The minimum absolute atomic E-state index is 0.103. The molecule has 1 aliphatic heterocycles. The Kier molecular flexibility index (Phi) is 8.75. The number of benzene rings is 1. The Hall–Kier alpha value is -3.56. The molecule has 1 aromatic heterocycles. The highest BCUT2D eigenvalue weighted by Crippen LogP contribution is 2.35. The van der Waals surface area contributed by atoms with E-state index in [9.17, 15) is 18.5 Å². The van der Waals surface area contributed by atoms with E-state index in [4.69, 9.17) is 9.73 Å². The van der Waals surface area contributed by atoms with Gasteiger partial charge in [0, 0.05) is 25.3 Å². The molecule has 2 aromatic rings. The van der Waals surface area contributed by atoms with Crippen molar-refractivity contribution < 1.29 is 17.9 Å². The van der Waals surface area contributed by atoms with Gasteiger partial charge < -0.3 is 9.64 Å². The van der Waals surface area contributed by atoms with Gasteiger partial charge in [-0.1, -0.05) is 13.8 Å². The largest absolute Gasteiger partial charge is 0.458 e. The van der Waals surface area contributed by atoms with Crippen LogP contribution in [0.1, 0.15) is 57.2 Å². The maximum absolute atomic E-state index is 13.6. The molecule has 0 amide bonds. The summed E-state index contributed by atoms with van der Waals surface area (Å²) in [5, 5.41) is 18.3. The molecule has 2 heterocycles. The number of esters is 1. The second kappa shape index (κ2) is 11.9. The van der Waals surface area contributed by atoms with E-state index in [2.05, 4.69) is 39.7 Å². The quantitative estimate of drug-likeness (QED) is 0.454. The third-order valence-electron chi connectivity index (χ3n) is 7.56. The van der Waals surface area contributed by atoms with Crippen molar-refractivity contribution in [2.24, 2.45) is 16.8 Å². The highest BCUT2D eigenvalue weighted by Gasteiger charge is 2.39. The summed E-state index contributed by atoms with van der Waals surface area (Å²) in [4.78, 5) is 20.5. The second-order valence-corrected chi connectivity index (χ2v) is 12.6. The van der Waals surface area contributed by atoms with E-state index in [-0.39, 0.29) is 41.4 Å². The fourth-order valence-electron chi connectivity index (χ4n) is 5.44. The maximum atomic E-state index is 13.6. The van der Waals surface area contributed by atoms with E-state index < -0.39 is 16.0 Å². The lowest BCUT2D eigenvalue weighted by Crippen LogP contribution is -2.34. The molecule has 4 rings (SSSR count). The van der Waals surface area contributed by atoms with Crippen LogP contribution >= 0.6 is 0 Å². The summed E-state index contributed by atoms with van der Waals surface area (Å²) in [5.41, 5.74) is 2.59. The van der Waals surface area contributed by atoms with Gasteiger partial charge in [0.2, 0.25) is 10.0 Å². The van der Waals surface area contributed by atoms with Crippen LogP contribution in [-0.4, -0.2) is 67.0 Å². The first kappa shape index (κ1) is 29.4. The third-order valence-corrected chi connectivity index (χ3v) is 8.29. The van der Waals surface area contributed by atoms with Crippen molar-refractivity contribution in [2.75, 3.05) is 30.8 Å². The normalized spacial score (nSPS) is 21.8. The van der Waals surface area contributed by atoms with Crippen LogP contribution in [0.5, 0.6) is 0 Å². The zero-order valence-electron chi connectivity index (χ0n) is 23.9. The summed E-state index contributed by atoms with van der Waals surface area (Å²) in [7, 11) is -3.27. The van der Waals surface area contributed by atoms with Crippen LogP contribution < -0.4 is 9.62 Å². The number of carbonyl (C=O) groups is 1. The molecule has 0 radical (unpaired) electrons. The van der Waals surface area contributed by atoms with Gasteiger partial charge in [0.1, 0.15) is 29.1 Å². The topological polar surface area (TPSA) is 143 Å². The molecule has 0 spiro atoms. The number of rotatable bonds is 9. The Balaban J connectivity index is 1.66. The number of nitrogens with one attached hydrogen (secondary N) is 1. The molecular weight excluding hydrogens is 530 g/mol. The van der Waals surface area contributed by atoms with Gasteiger partial charge in [-0.25, -0.2) is 22.9 Å². The molecular formula is C28H37N7O4S. The van der Waals surface area contributed by atoms with Gasteiger partial charge in [-0.05, 0) is 75.6 Å². The average molecular weight is 568 g/mol. The van der Waals surface area contributed by atoms with Crippen LogP contribution in [0, 0.1) is 37.0 Å². The van der Waals surface area contributed by atoms with Crippen molar-refractivity contribution in [3.63, 3.8) is 0 Å². The van der Waals surface area contributed by atoms with Crippen LogP contribution in [-0.2, 0) is 19.6 Å². The summed E-state index contributed by atoms with van der Waals surface area (Å²) >= 11 is 0. The summed E-state index contributed by atoms with van der Waals surface area (Å²) in [5.74, 6) is 1.30. The molecule has 40 heavy (non-hydrogen) atoms. The molecule has 11 nitrogen and oxygen atoms in total. The standard InChI is InChI=1S/C28H37N7O4S/c1-7-34(13-12-30-40(6,37)38)21-9-10-23(18(3)15-21)31-27-25(22(16-29)26-33-32-20(5)35(26)27)28(36)39-24-11-8-17(2)14-19(24)4/h9-10,15,17,19,24,30H,7-8,11-14H2,1-6H3. The number of nitrogens with zero attached hydrogens (tertiary/aromatic N) is 6. The number of nitriles is 1. The van der Waals surface area contributed by atoms with E-state index in [0.717, 1.165) is 36.8 Å². The third kappa shape index (κ3) is 6.26. The predicted molar refractivity (Wildman–Crippen MR) is 154 cm³/mol. The number of hydrogen-bond acceptors (Lipinski definition) is 9. The van der Waals surface area contributed by atoms with Crippen molar-refractivity contribution in [1.29, 1.82) is 5.26 Å². The van der Waals surface area contributed by atoms with Gasteiger partial charge in [0.05, 0.1) is 11.9 Å². The number of aliphatic imine (C=N–C) groups is 1. The monoisotopic (exact) mass is 567 g/mol. The predicted octanol–water partition coefficient (Wildman–Crippen LogP) is 3.51. The van der Waals surface area contributed by atoms with Crippen LogP contribution in [0.3, 0.4) is 0 Å². The summed E-state index contributed by atoms with van der Waals surface area (Å²) < 4.78 is 33.0. The molecule has 1 aliphatic carbocycles. The molecule has 214 valence electrons. The van der Waals surface area contributed by atoms with E-state index in [0.29, 0.717) is 30.5 Å². The number of anilines is 1. The fourth-order valence-corrected chi connectivity index (χ4v) is 5.90. The smallest absolute Gasteiger partial charge is 0.343 e. The van der Waals surface area contributed by atoms with Crippen molar-refractivity contribution in [3.05, 3.63) is 41.0 Å². The molecule has 1 aromatic carbocycles. The van der Waals surface area contributed by atoms with Crippen molar-refractivity contribution in [2.45, 2.75) is 60.0 Å². The summed E-state index contributed by atoms with van der Waals surface area (Å²) in [6.45, 7) is 11.4.